The second-order valence-corrected chi connectivity index (χ2v) is 5.09. The molecule has 2 aromatic heterocycles. The Kier molecular flexibility index (Phi) is 4.65. The third-order valence-electron chi connectivity index (χ3n) is 3.41. The summed E-state index contributed by atoms with van der Waals surface area (Å²) in [5.41, 5.74) is 4.78. The predicted octanol–water partition coefficient (Wildman–Crippen LogP) is 1.25. The Morgan fingerprint density at radius 1 is 1.00 bits per heavy atom. The van der Waals surface area contributed by atoms with Crippen LogP contribution < -0.4 is 10.9 Å². The van der Waals surface area contributed by atoms with Crippen LogP contribution in [-0.4, -0.2) is 31.3 Å². The quantitative estimate of drug-likeness (QED) is 0.536. The first kappa shape index (κ1) is 16.8. The highest BCUT2D eigenvalue weighted by Crippen LogP contribution is 2.11. The third kappa shape index (κ3) is 3.70. The number of amides is 2. The van der Waals surface area contributed by atoms with Gasteiger partial charge in [0.1, 0.15) is 12.1 Å². The molecular weight excluding hydrogens is 340 g/mol. The molecule has 130 valence electrons. The van der Waals surface area contributed by atoms with E-state index >= 15 is 0 Å². The summed E-state index contributed by atoms with van der Waals surface area (Å²) >= 11 is 0. The molecule has 0 fully saturated rings. The van der Waals surface area contributed by atoms with Crippen molar-refractivity contribution in [2.24, 2.45) is 0 Å². The van der Waals surface area contributed by atoms with Crippen molar-refractivity contribution in [3.63, 3.8) is 0 Å². The van der Waals surface area contributed by atoms with Crippen LogP contribution in [0.5, 0.6) is 0 Å². The molecule has 0 atom stereocenters. The SMILES string of the molecule is O=C(NNC(=O)c1ccc(-n2ccnc2)nc1)c1ccc([N+](=O)[O-])cc1. The van der Waals surface area contributed by atoms with E-state index in [1.54, 1.807) is 35.4 Å². The summed E-state index contributed by atoms with van der Waals surface area (Å²) in [6.45, 7) is 0. The summed E-state index contributed by atoms with van der Waals surface area (Å²) in [4.78, 5) is 42.1. The number of pyridine rings is 1. The number of rotatable bonds is 4. The molecule has 3 rings (SSSR count). The van der Waals surface area contributed by atoms with Crippen molar-refractivity contribution in [3.8, 4) is 5.82 Å². The lowest BCUT2D eigenvalue weighted by Crippen LogP contribution is -2.41. The van der Waals surface area contributed by atoms with Crippen LogP contribution in [0.25, 0.3) is 5.82 Å². The van der Waals surface area contributed by atoms with E-state index in [1.807, 2.05) is 0 Å². The second-order valence-electron chi connectivity index (χ2n) is 5.09. The van der Waals surface area contributed by atoms with Gasteiger partial charge >= 0.3 is 0 Å². The fraction of sp³-hybridized carbons (Fsp3) is 0. The number of carbonyl (C=O) groups excluding carboxylic acids is 2. The average Bonchev–Trinajstić information content (AvgIpc) is 3.21. The minimum atomic E-state index is -0.601. The van der Waals surface area contributed by atoms with Crippen LogP contribution in [-0.2, 0) is 0 Å². The number of carbonyl (C=O) groups is 2. The largest absolute Gasteiger partial charge is 0.291 e. The van der Waals surface area contributed by atoms with Gasteiger partial charge in [0.2, 0.25) is 0 Å². The van der Waals surface area contributed by atoms with Crippen molar-refractivity contribution < 1.29 is 14.5 Å². The monoisotopic (exact) mass is 352 g/mol. The fourth-order valence-electron chi connectivity index (χ4n) is 2.06. The van der Waals surface area contributed by atoms with Crippen LogP contribution in [0, 0.1) is 10.1 Å². The molecule has 0 saturated carbocycles. The highest BCUT2D eigenvalue weighted by Gasteiger charge is 2.11. The van der Waals surface area contributed by atoms with Gasteiger partial charge in [0.05, 0.1) is 10.5 Å². The summed E-state index contributed by atoms with van der Waals surface area (Å²) in [7, 11) is 0. The molecule has 1 aromatic carbocycles. The second kappa shape index (κ2) is 7.21. The number of nitro benzene ring substituents is 1. The Morgan fingerprint density at radius 2 is 1.65 bits per heavy atom. The zero-order valence-electron chi connectivity index (χ0n) is 13.2. The van der Waals surface area contributed by atoms with E-state index in [4.69, 9.17) is 0 Å². The van der Waals surface area contributed by atoms with Gasteiger partial charge in [-0.15, -0.1) is 0 Å². The van der Waals surface area contributed by atoms with E-state index in [0.29, 0.717) is 5.82 Å². The standard InChI is InChI=1S/C16H12N6O4/c23-15(11-1-4-13(5-2-11)22(25)26)19-20-16(24)12-3-6-14(18-9-12)21-8-7-17-10-21/h1-10H,(H,19,23)(H,20,24). The summed E-state index contributed by atoms with van der Waals surface area (Å²) in [6, 6.07) is 8.18. The van der Waals surface area contributed by atoms with Crippen LogP contribution in [0.3, 0.4) is 0 Å². The zero-order valence-corrected chi connectivity index (χ0v) is 13.2. The molecule has 0 spiro atoms. The summed E-state index contributed by atoms with van der Waals surface area (Å²) in [5.74, 6) is -0.560. The van der Waals surface area contributed by atoms with E-state index in [1.165, 1.54) is 30.5 Å². The van der Waals surface area contributed by atoms with Gasteiger partial charge in [0.25, 0.3) is 17.5 Å². The minimum Gasteiger partial charge on any atom is -0.291 e. The average molecular weight is 352 g/mol. The molecule has 2 heterocycles. The molecule has 0 aliphatic carbocycles. The molecule has 0 unspecified atom stereocenters. The molecule has 26 heavy (non-hydrogen) atoms. The van der Waals surface area contributed by atoms with Crippen molar-refractivity contribution >= 4 is 17.5 Å². The number of aromatic nitrogens is 3. The van der Waals surface area contributed by atoms with Gasteiger partial charge in [-0.25, -0.2) is 9.97 Å². The number of nitro groups is 1. The fourth-order valence-corrected chi connectivity index (χ4v) is 2.06. The molecule has 0 bridgehead atoms. The van der Waals surface area contributed by atoms with E-state index in [0.717, 1.165) is 0 Å². The maximum atomic E-state index is 12.0. The van der Waals surface area contributed by atoms with Crippen molar-refractivity contribution in [2.75, 3.05) is 0 Å². The molecular formula is C16H12N6O4. The van der Waals surface area contributed by atoms with Crippen molar-refractivity contribution in [2.45, 2.75) is 0 Å². The van der Waals surface area contributed by atoms with Crippen molar-refractivity contribution in [1.29, 1.82) is 0 Å². The number of non-ortho nitro benzene ring substituents is 1. The molecule has 2 N–H and O–H groups in total. The normalized spacial score (nSPS) is 10.2. The van der Waals surface area contributed by atoms with Crippen LogP contribution in [0.2, 0.25) is 0 Å². The first-order valence-corrected chi connectivity index (χ1v) is 7.34. The maximum absolute atomic E-state index is 12.0. The summed E-state index contributed by atoms with van der Waals surface area (Å²) in [6.07, 6.45) is 6.26. The van der Waals surface area contributed by atoms with Gasteiger partial charge in [-0.3, -0.25) is 35.1 Å². The predicted molar refractivity (Wildman–Crippen MR) is 89.4 cm³/mol. The Bertz CT molecular complexity index is 936. The Morgan fingerprint density at radius 3 is 2.19 bits per heavy atom. The van der Waals surface area contributed by atoms with Gasteiger partial charge in [-0.1, -0.05) is 0 Å². The van der Waals surface area contributed by atoms with Crippen molar-refractivity contribution in [1.82, 2.24) is 25.4 Å². The topological polar surface area (TPSA) is 132 Å². The number of nitrogens with one attached hydrogen (secondary N) is 2. The number of hydrogen-bond donors (Lipinski definition) is 2. The third-order valence-corrected chi connectivity index (χ3v) is 3.41. The number of hydrazine groups is 1. The molecule has 0 aliphatic heterocycles. The van der Waals surface area contributed by atoms with Crippen molar-refractivity contribution in [3.05, 3.63) is 82.6 Å². The van der Waals surface area contributed by atoms with E-state index in [2.05, 4.69) is 20.8 Å². The molecule has 2 amide bonds. The molecule has 10 nitrogen and oxygen atoms in total. The number of benzene rings is 1. The Hall–Kier alpha value is -4.08. The van der Waals surface area contributed by atoms with E-state index in [9.17, 15) is 19.7 Å². The summed E-state index contributed by atoms with van der Waals surface area (Å²) in [5, 5.41) is 10.6. The highest BCUT2D eigenvalue weighted by atomic mass is 16.6. The van der Waals surface area contributed by atoms with Gasteiger partial charge in [0.15, 0.2) is 0 Å². The lowest BCUT2D eigenvalue weighted by molar-refractivity contribution is -0.384. The zero-order chi connectivity index (χ0) is 18.5. The summed E-state index contributed by atoms with van der Waals surface area (Å²) < 4.78 is 1.68. The van der Waals surface area contributed by atoms with E-state index in [-0.39, 0.29) is 16.8 Å². The lowest BCUT2D eigenvalue weighted by atomic mass is 10.2. The first-order chi connectivity index (χ1) is 12.5. The number of hydrogen-bond acceptors (Lipinski definition) is 6. The minimum absolute atomic E-state index is 0.130. The molecule has 10 heteroatoms. The number of imidazole rings is 1. The van der Waals surface area contributed by atoms with Crippen LogP contribution in [0.15, 0.2) is 61.3 Å². The Balaban J connectivity index is 1.59. The van der Waals surface area contributed by atoms with Gasteiger partial charge in [0, 0.05) is 36.3 Å². The van der Waals surface area contributed by atoms with E-state index < -0.39 is 16.7 Å². The molecule has 0 saturated heterocycles. The first-order valence-electron chi connectivity index (χ1n) is 7.34. The van der Waals surface area contributed by atoms with Crippen LogP contribution in [0.4, 0.5) is 5.69 Å². The molecule has 3 aromatic rings. The van der Waals surface area contributed by atoms with Gasteiger partial charge < -0.3 is 0 Å². The molecule has 0 radical (unpaired) electrons. The highest BCUT2D eigenvalue weighted by molar-refractivity contribution is 5.99. The maximum Gasteiger partial charge on any atom is 0.271 e. The van der Waals surface area contributed by atoms with Crippen LogP contribution >= 0.6 is 0 Å². The van der Waals surface area contributed by atoms with Gasteiger partial charge in [-0.05, 0) is 24.3 Å². The molecule has 0 aliphatic rings. The Labute approximate surface area is 146 Å². The van der Waals surface area contributed by atoms with Gasteiger partial charge in [-0.2, -0.15) is 0 Å². The lowest BCUT2D eigenvalue weighted by Gasteiger charge is -2.08. The number of nitrogens with zero attached hydrogens (tertiary/aromatic N) is 4. The smallest absolute Gasteiger partial charge is 0.271 e. The van der Waals surface area contributed by atoms with Crippen LogP contribution in [0.1, 0.15) is 20.7 Å².